The van der Waals surface area contributed by atoms with E-state index in [-0.39, 0.29) is 23.8 Å². The highest BCUT2D eigenvalue weighted by Gasteiger charge is 2.39. The number of hydrogen-bond donors (Lipinski definition) is 2. The second kappa shape index (κ2) is 7.53. The van der Waals surface area contributed by atoms with E-state index < -0.39 is 0 Å². The maximum absolute atomic E-state index is 12.9. The molecule has 1 saturated carbocycles. The number of rotatable bonds is 3. The lowest BCUT2D eigenvalue weighted by atomic mass is 9.86. The van der Waals surface area contributed by atoms with Crippen LogP contribution in [0.15, 0.2) is 18.2 Å². The molecule has 1 heterocycles. The van der Waals surface area contributed by atoms with Crippen LogP contribution in [-0.2, 0) is 16.0 Å². The minimum absolute atomic E-state index is 0.0321. The van der Waals surface area contributed by atoms with E-state index in [1.54, 1.807) is 0 Å². The first kappa shape index (κ1) is 18.3. The molecule has 2 unspecified atom stereocenters. The number of nitrogens with two attached hydrogens (primary N) is 1. The number of fused-ring (bicyclic) bond motifs is 1. The van der Waals surface area contributed by atoms with Gasteiger partial charge in [0.25, 0.3) is 0 Å². The molecule has 1 aromatic carbocycles. The van der Waals surface area contributed by atoms with Gasteiger partial charge in [0.1, 0.15) is 0 Å². The van der Waals surface area contributed by atoms with E-state index in [2.05, 4.69) is 12.2 Å². The van der Waals surface area contributed by atoms with E-state index in [1.165, 1.54) is 24.0 Å². The van der Waals surface area contributed by atoms with Gasteiger partial charge in [0.2, 0.25) is 11.8 Å². The van der Waals surface area contributed by atoms with Crippen LogP contribution in [-0.4, -0.2) is 29.3 Å². The number of benzene rings is 1. The molecule has 0 bridgehead atoms. The molecule has 1 saturated heterocycles. The number of carbonyl (C=O) groups is 2. The van der Waals surface area contributed by atoms with Gasteiger partial charge in [-0.25, -0.2) is 0 Å². The van der Waals surface area contributed by atoms with Crippen LogP contribution in [0.4, 0.5) is 5.69 Å². The quantitative estimate of drug-likeness (QED) is 0.804. The summed E-state index contributed by atoms with van der Waals surface area (Å²) in [6, 6.07) is 6.36. The summed E-state index contributed by atoms with van der Waals surface area (Å²) in [4.78, 5) is 27.4. The van der Waals surface area contributed by atoms with Crippen LogP contribution in [0.5, 0.6) is 0 Å². The Balaban J connectivity index is 1.39. The van der Waals surface area contributed by atoms with Crippen molar-refractivity contribution in [2.75, 3.05) is 12.3 Å². The summed E-state index contributed by atoms with van der Waals surface area (Å²) in [5.41, 5.74) is 9.11. The van der Waals surface area contributed by atoms with Crippen molar-refractivity contribution in [1.82, 2.24) is 10.2 Å². The van der Waals surface area contributed by atoms with E-state index in [1.807, 2.05) is 23.1 Å². The summed E-state index contributed by atoms with van der Waals surface area (Å²) in [5.74, 6) is 0.741. The van der Waals surface area contributed by atoms with Gasteiger partial charge in [0, 0.05) is 24.7 Å². The fourth-order valence-electron chi connectivity index (χ4n) is 5.09. The zero-order valence-electron chi connectivity index (χ0n) is 16.2. The first-order valence-electron chi connectivity index (χ1n) is 10.5. The summed E-state index contributed by atoms with van der Waals surface area (Å²) in [6.45, 7) is 2.87. The van der Waals surface area contributed by atoms with Crippen LogP contribution in [0.1, 0.15) is 69.0 Å². The molecule has 27 heavy (non-hydrogen) atoms. The molecule has 4 rings (SSSR count). The number of likely N-dealkylation sites (tertiary alicyclic amines) is 1. The first-order valence-corrected chi connectivity index (χ1v) is 10.5. The Morgan fingerprint density at radius 2 is 1.96 bits per heavy atom. The van der Waals surface area contributed by atoms with Crippen LogP contribution >= 0.6 is 0 Å². The number of aryl methyl sites for hydroxylation is 1. The third kappa shape index (κ3) is 3.83. The average molecular weight is 370 g/mol. The lowest BCUT2D eigenvalue weighted by Crippen LogP contribution is -2.40. The molecule has 2 amide bonds. The van der Waals surface area contributed by atoms with Crippen LogP contribution in [0, 0.1) is 11.8 Å². The van der Waals surface area contributed by atoms with Gasteiger partial charge in [-0.3, -0.25) is 9.59 Å². The van der Waals surface area contributed by atoms with Crippen LogP contribution in [0.2, 0.25) is 0 Å². The Kier molecular flexibility index (Phi) is 5.11. The van der Waals surface area contributed by atoms with Gasteiger partial charge in [0.05, 0.1) is 12.0 Å². The number of carbonyl (C=O) groups excluding carboxylic acids is 2. The zero-order chi connectivity index (χ0) is 19.0. The molecule has 0 spiro atoms. The number of nitrogens with one attached hydrogen (secondary N) is 1. The minimum Gasteiger partial charge on any atom is -0.399 e. The standard InChI is InChI=1S/C22H31N3O2/c1-14-5-8-18(9-6-14)25-13-16(12-21(25)26)22(27)24-20-4-2-3-15-11-17(23)7-10-19(15)20/h7,10-11,14,16,18,20H,2-6,8-9,12-13,23H2,1H3,(H,24,27). The SMILES string of the molecule is CC1CCC(N2CC(C(=O)NC3CCCc4cc(N)ccc43)CC2=O)CC1. The predicted molar refractivity (Wildman–Crippen MR) is 106 cm³/mol. The molecular weight excluding hydrogens is 338 g/mol. The second-order valence-electron chi connectivity index (χ2n) is 8.77. The molecule has 0 radical (unpaired) electrons. The maximum Gasteiger partial charge on any atom is 0.225 e. The average Bonchev–Trinajstić information content (AvgIpc) is 3.04. The van der Waals surface area contributed by atoms with E-state index in [4.69, 9.17) is 5.73 Å². The molecule has 5 heteroatoms. The predicted octanol–water partition coefficient (Wildman–Crippen LogP) is 3.19. The van der Waals surface area contributed by atoms with Gasteiger partial charge >= 0.3 is 0 Å². The number of anilines is 1. The summed E-state index contributed by atoms with van der Waals surface area (Å²) < 4.78 is 0. The van der Waals surface area contributed by atoms with Crippen molar-refractivity contribution in [2.45, 2.75) is 70.4 Å². The lowest BCUT2D eigenvalue weighted by Gasteiger charge is -2.33. The maximum atomic E-state index is 12.9. The molecule has 2 fully saturated rings. The summed E-state index contributed by atoms with van der Waals surface area (Å²) in [7, 11) is 0. The molecule has 2 aliphatic carbocycles. The van der Waals surface area contributed by atoms with Crippen molar-refractivity contribution in [2.24, 2.45) is 11.8 Å². The number of nitrogens with zero attached hydrogens (tertiary/aromatic N) is 1. The second-order valence-corrected chi connectivity index (χ2v) is 8.77. The third-order valence-electron chi connectivity index (χ3n) is 6.75. The van der Waals surface area contributed by atoms with Crippen LogP contribution in [0.3, 0.4) is 0 Å². The Hall–Kier alpha value is -2.04. The summed E-state index contributed by atoms with van der Waals surface area (Å²) >= 11 is 0. The van der Waals surface area contributed by atoms with Gasteiger partial charge in [0.15, 0.2) is 0 Å². The molecule has 1 aromatic rings. The Morgan fingerprint density at radius 3 is 2.74 bits per heavy atom. The lowest BCUT2D eigenvalue weighted by molar-refractivity contribution is -0.131. The van der Waals surface area contributed by atoms with Crippen molar-refractivity contribution in [3.05, 3.63) is 29.3 Å². The fraction of sp³-hybridized carbons (Fsp3) is 0.636. The highest BCUT2D eigenvalue weighted by atomic mass is 16.2. The Labute approximate surface area is 161 Å². The molecule has 3 N–H and O–H groups in total. The molecule has 146 valence electrons. The van der Waals surface area contributed by atoms with E-state index in [9.17, 15) is 9.59 Å². The molecule has 3 aliphatic rings. The topological polar surface area (TPSA) is 75.4 Å². The highest BCUT2D eigenvalue weighted by Crippen LogP contribution is 2.33. The summed E-state index contributed by atoms with van der Waals surface area (Å²) in [6.07, 6.45) is 7.92. The van der Waals surface area contributed by atoms with Crippen molar-refractivity contribution < 1.29 is 9.59 Å². The fourth-order valence-corrected chi connectivity index (χ4v) is 5.09. The number of hydrogen-bond acceptors (Lipinski definition) is 3. The van der Waals surface area contributed by atoms with Gasteiger partial charge in [-0.05, 0) is 74.1 Å². The molecule has 5 nitrogen and oxygen atoms in total. The first-order chi connectivity index (χ1) is 13.0. The Bertz CT molecular complexity index is 724. The van der Waals surface area contributed by atoms with E-state index >= 15 is 0 Å². The summed E-state index contributed by atoms with van der Waals surface area (Å²) in [5, 5.41) is 3.23. The van der Waals surface area contributed by atoms with Crippen LogP contribution < -0.4 is 11.1 Å². The zero-order valence-corrected chi connectivity index (χ0v) is 16.2. The van der Waals surface area contributed by atoms with Gasteiger partial charge in [-0.15, -0.1) is 0 Å². The highest BCUT2D eigenvalue weighted by molar-refractivity contribution is 5.89. The third-order valence-corrected chi connectivity index (χ3v) is 6.75. The van der Waals surface area contributed by atoms with Crippen LogP contribution in [0.25, 0.3) is 0 Å². The van der Waals surface area contributed by atoms with Crippen molar-refractivity contribution in [3.8, 4) is 0 Å². The molecular formula is C22H31N3O2. The largest absolute Gasteiger partial charge is 0.399 e. The molecule has 1 aliphatic heterocycles. The molecule has 2 atom stereocenters. The normalized spacial score (nSPS) is 30.9. The van der Waals surface area contributed by atoms with Gasteiger partial charge < -0.3 is 16.0 Å². The van der Waals surface area contributed by atoms with Crippen molar-refractivity contribution in [3.63, 3.8) is 0 Å². The van der Waals surface area contributed by atoms with Gasteiger partial charge in [-0.2, -0.15) is 0 Å². The monoisotopic (exact) mass is 369 g/mol. The Morgan fingerprint density at radius 1 is 1.19 bits per heavy atom. The minimum atomic E-state index is -0.212. The van der Waals surface area contributed by atoms with Gasteiger partial charge in [-0.1, -0.05) is 13.0 Å². The number of nitrogen functional groups attached to an aromatic ring is 1. The van der Waals surface area contributed by atoms with E-state index in [0.29, 0.717) is 19.0 Å². The number of amides is 2. The van der Waals surface area contributed by atoms with Crippen molar-refractivity contribution >= 4 is 17.5 Å². The molecule has 0 aromatic heterocycles. The van der Waals surface area contributed by atoms with E-state index in [0.717, 1.165) is 43.7 Å². The van der Waals surface area contributed by atoms with Crippen molar-refractivity contribution in [1.29, 1.82) is 0 Å². The smallest absolute Gasteiger partial charge is 0.225 e.